The SMILES string of the molecule is COc1cc(Br)cc2ncn(C3CC3)c12. The van der Waals surface area contributed by atoms with Crippen LogP contribution in [0.4, 0.5) is 0 Å². The first-order valence-electron chi connectivity index (χ1n) is 4.99. The molecule has 0 bridgehead atoms. The molecule has 1 fully saturated rings. The third-order valence-electron chi connectivity index (χ3n) is 2.76. The Morgan fingerprint density at radius 3 is 2.93 bits per heavy atom. The lowest BCUT2D eigenvalue weighted by atomic mass is 10.3. The maximum absolute atomic E-state index is 5.39. The van der Waals surface area contributed by atoms with E-state index in [0.29, 0.717) is 6.04 Å². The minimum Gasteiger partial charge on any atom is -0.494 e. The molecule has 0 unspecified atom stereocenters. The standard InChI is InChI=1S/C11H11BrN2O/c1-15-10-5-7(12)4-9-11(10)14(6-13-9)8-2-3-8/h4-6,8H,2-3H2,1H3. The number of halogens is 1. The van der Waals surface area contributed by atoms with E-state index in [4.69, 9.17) is 4.74 Å². The van der Waals surface area contributed by atoms with Gasteiger partial charge in [-0.2, -0.15) is 0 Å². The summed E-state index contributed by atoms with van der Waals surface area (Å²) >= 11 is 3.46. The molecule has 0 atom stereocenters. The molecule has 78 valence electrons. The number of aromatic nitrogens is 2. The first-order valence-corrected chi connectivity index (χ1v) is 5.79. The average molecular weight is 267 g/mol. The number of imidazole rings is 1. The van der Waals surface area contributed by atoms with Crippen LogP contribution in [0.25, 0.3) is 11.0 Å². The Morgan fingerprint density at radius 1 is 1.47 bits per heavy atom. The van der Waals surface area contributed by atoms with Crippen LogP contribution >= 0.6 is 15.9 Å². The quantitative estimate of drug-likeness (QED) is 0.835. The molecule has 0 aliphatic heterocycles. The number of nitrogens with zero attached hydrogens (tertiary/aromatic N) is 2. The molecule has 0 spiro atoms. The monoisotopic (exact) mass is 266 g/mol. The van der Waals surface area contributed by atoms with Gasteiger partial charge in [-0.3, -0.25) is 0 Å². The predicted octanol–water partition coefficient (Wildman–Crippen LogP) is 3.14. The van der Waals surface area contributed by atoms with Crippen molar-refractivity contribution in [3.05, 3.63) is 22.9 Å². The molecule has 0 radical (unpaired) electrons. The molecule has 1 aromatic carbocycles. The van der Waals surface area contributed by atoms with Crippen molar-refractivity contribution in [3.63, 3.8) is 0 Å². The van der Waals surface area contributed by atoms with E-state index in [-0.39, 0.29) is 0 Å². The molecule has 1 heterocycles. The van der Waals surface area contributed by atoms with E-state index in [2.05, 4.69) is 25.5 Å². The number of hydrogen-bond donors (Lipinski definition) is 0. The zero-order valence-corrected chi connectivity index (χ0v) is 9.99. The maximum Gasteiger partial charge on any atom is 0.145 e. The molecule has 3 nitrogen and oxygen atoms in total. The van der Waals surface area contributed by atoms with E-state index < -0.39 is 0 Å². The van der Waals surface area contributed by atoms with Crippen molar-refractivity contribution in [2.45, 2.75) is 18.9 Å². The Labute approximate surface area is 96.2 Å². The summed E-state index contributed by atoms with van der Waals surface area (Å²) in [5.41, 5.74) is 2.11. The number of benzene rings is 1. The third-order valence-corrected chi connectivity index (χ3v) is 3.22. The molecule has 3 rings (SSSR count). The molecule has 0 saturated heterocycles. The lowest BCUT2D eigenvalue weighted by molar-refractivity contribution is 0.417. The van der Waals surface area contributed by atoms with Crippen LogP contribution in [0.5, 0.6) is 5.75 Å². The molecular formula is C11H11BrN2O. The molecule has 0 N–H and O–H groups in total. The van der Waals surface area contributed by atoms with E-state index in [9.17, 15) is 0 Å². The Balaban J connectivity index is 2.30. The predicted molar refractivity (Wildman–Crippen MR) is 62.3 cm³/mol. The van der Waals surface area contributed by atoms with Gasteiger partial charge in [-0.1, -0.05) is 15.9 Å². The molecule has 2 aromatic rings. The number of rotatable bonds is 2. The molecular weight excluding hydrogens is 256 g/mol. The molecule has 1 saturated carbocycles. The lowest BCUT2D eigenvalue weighted by Gasteiger charge is -2.06. The van der Waals surface area contributed by atoms with Crippen molar-refractivity contribution in [3.8, 4) is 5.75 Å². The van der Waals surface area contributed by atoms with Gasteiger partial charge in [-0.15, -0.1) is 0 Å². The molecule has 0 amide bonds. The largest absolute Gasteiger partial charge is 0.494 e. The van der Waals surface area contributed by atoms with Crippen LogP contribution in [0.2, 0.25) is 0 Å². The second-order valence-electron chi connectivity index (χ2n) is 3.86. The summed E-state index contributed by atoms with van der Waals surface area (Å²) < 4.78 is 8.62. The topological polar surface area (TPSA) is 27.1 Å². The highest BCUT2D eigenvalue weighted by Gasteiger charge is 2.26. The van der Waals surface area contributed by atoms with Gasteiger partial charge in [-0.05, 0) is 25.0 Å². The van der Waals surface area contributed by atoms with Crippen LogP contribution < -0.4 is 4.74 Å². The first-order chi connectivity index (χ1) is 7.29. The van der Waals surface area contributed by atoms with Crippen LogP contribution in [0, 0.1) is 0 Å². The minimum atomic E-state index is 0.630. The van der Waals surface area contributed by atoms with Gasteiger partial charge in [0.1, 0.15) is 11.3 Å². The summed E-state index contributed by atoms with van der Waals surface area (Å²) in [5.74, 6) is 0.892. The molecule has 1 aliphatic rings. The zero-order valence-electron chi connectivity index (χ0n) is 8.40. The van der Waals surface area contributed by atoms with Gasteiger partial charge >= 0.3 is 0 Å². The first kappa shape index (κ1) is 9.21. The van der Waals surface area contributed by atoms with Crippen molar-refractivity contribution in [2.75, 3.05) is 7.11 Å². The summed E-state index contributed by atoms with van der Waals surface area (Å²) in [6.45, 7) is 0. The van der Waals surface area contributed by atoms with E-state index >= 15 is 0 Å². The van der Waals surface area contributed by atoms with Crippen LogP contribution in [0.15, 0.2) is 22.9 Å². The van der Waals surface area contributed by atoms with E-state index in [1.165, 1.54) is 12.8 Å². The van der Waals surface area contributed by atoms with Crippen LogP contribution in [-0.2, 0) is 0 Å². The number of fused-ring (bicyclic) bond motifs is 1. The van der Waals surface area contributed by atoms with E-state index in [0.717, 1.165) is 21.3 Å². The molecule has 1 aliphatic carbocycles. The minimum absolute atomic E-state index is 0.630. The Hall–Kier alpha value is -1.03. The van der Waals surface area contributed by atoms with Gasteiger partial charge in [0.2, 0.25) is 0 Å². The highest BCUT2D eigenvalue weighted by atomic mass is 79.9. The van der Waals surface area contributed by atoms with Crippen molar-refractivity contribution < 1.29 is 4.74 Å². The van der Waals surface area contributed by atoms with Gasteiger partial charge in [0.05, 0.1) is 19.0 Å². The summed E-state index contributed by atoms with van der Waals surface area (Å²) in [6, 6.07) is 4.64. The smallest absolute Gasteiger partial charge is 0.145 e. The molecule has 4 heteroatoms. The van der Waals surface area contributed by atoms with E-state index in [1.807, 2.05) is 18.5 Å². The van der Waals surface area contributed by atoms with E-state index in [1.54, 1.807) is 7.11 Å². The second-order valence-corrected chi connectivity index (χ2v) is 4.77. The summed E-state index contributed by atoms with van der Waals surface area (Å²) in [6.07, 6.45) is 4.42. The Bertz CT molecular complexity index is 517. The maximum atomic E-state index is 5.39. The van der Waals surface area contributed by atoms with Crippen molar-refractivity contribution in [1.82, 2.24) is 9.55 Å². The van der Waals surface area contributed by atoms with Crippen molar-refractivity contribution in [1.29, 1.82) is 0 Å². The fourth-order valence-corrected chi connectivity index (χ4v) is 2.31. The van der Waals surface area contributed by atoms with Gasteiger partial charge in [0.15, 0.2) is 0 Å². The summed E-state index contributed by atoms with van der Waals surface area (Å²) in [5, 5.41) is 0. The second kappa shape index (κ2) is 3.23. The lowest BCUT2D eigenvalue weighted by Crippen LogP contribution is -1.94. The van der Waals surface area contributed by atoms with Crippen LogP contribution in [0.1, 0.15) is 18.9 Å². The van der Waals surface area contributed by atoms with Gasteiger partial charge < -0.3 is 9.30 Å². The number of ether oxygens (including phenoxy) is 1. The Kier molecular flexibility index (Phi) is 1.99. The molecule has 15 heavy (non-hydrogen) atoms. The molecule has 1 aromatic heterocycles. The highest BCUT2D eigenvalue weighted by molar-refractivity contribution is 9.10. The third kappa shape index (κ3) is 1.44. The van der Waals surface area contributed by atoms with Gasteiger partial charge in [0, 0.05) is 10.5 Å². The number of hydrogen-bond acceptors (Lipinski definition) is 2. The summed E-state index contributed by atoms with van der Waals surface area (Å²) in [7, 11) is 1.70. The fraction of sp³-hybridized carbons (Fsp3) is 0.364. The normalized spacial score (nSPS) is 15.9. The van der Waals surface area contributed by atoms with Crippen molar-refractivity contribution >= 4 is 27.0 Å². The highest BCUT2D eigenvalue weighted by Crippen LogP contribution is 2.40. The van der Waals surface area contributed by atoms with Crippen molar-refractivity contribution in [2.24, 2.45) is 0 Å². The number of methoxy groups -OCH3 is 1. The summed E-state index contributed by atoms with van der Waals surface area (Å²) in [4.78, 5) is 4.40. The van der Waals surface area contributed by atoms with Gasteiger partial charge in [-0.25, -0.2) is 4.98 Å². The fourth-order valence-electron chi connectivity index (χ4n) is 1.89. The Morgan fingerprint density at radius 2 is 2.27 bits per heavy atom. The van der Waals surface area contributed by atoms with Crippen LogP contribution in [0.3, 0.4) is 0 Å². The van der Waals surface area contributed by atoms with Gasteiger partial charge in [0.25, 0.3) is 0 Å². The van der Waals surface area contributed by atoms with Crippen LogP contribution in [-0.4, -0.2) is 16.7 Å². The zero-order chi connectivity index (χ0) is 10.4. The average Bonchev–Trinajstić information content (AvgIpc) is 2.98.